The van der Waals surface area contributed by atoms with Gasteiger partial charge >= 0.3 is 0 Å². The maximum absolute atomic E-state index is 5.99. The molecule has 2 aromatic heterocycles. The van der Waals surface area contributed by atoms with Gasteiger partial charge in [0.15, 0.2) is 0 Å². The predicted molar refractivity (Wildman–Crippen MR) is 54.6 cm³/mol. The molecule has 0 saturated carbocycles. The van der Waals surface area contributed by atoms with Gasteiger partial charge in [-0.3, -0.25) is 0 Å². The van der Waals surface area contributed by atoms with E-state index in [9.17, 15) is 0 Å². The second kappa shape index (κ2) is 3.23. The number of rotatable bonds is 2. The summed E-state index contributed by atoms with van der Waals surface area (Å²) in [7, 11) is 0. The molecule has 2 heterocycles. The summed E-state index contributed by atoms with van der Waals surface area (Å²) in [5, 5.41) is 0. The third kappa shape index (κ3) is 1.33. The molecule has 0 amide bonds. The van der Waals surface area contributed by atoms with Gasteiger partial charge in [0.1, 0.15) is 0 Å². The molecule has 2 aromatic rings. The van der Waals surface area contributed by atoms with Gasteiger partial charge in [-0.05, 0) is 30.2 Å². The molecule has 0 saturated heterocycles. The van der Waals surface area contributed by atoms with Gasteiger partial charge in [0.05, 0.1) is 0 Å². The highest BCUT2D eigenvalue weighted by atomic mass is 14.9. The number of nitrogens with zero attached hydrogens (tertiary/aromatic N) is 1. The van der Waals surface area contributed by atoms with E-state index in [1.807, 2.05) is 18.3 Å². The minimum atomic E-state index is 0.160. The van der Waals surface area contributed by atoms with Crippen LogP contribution in [-0.4, -0.2) is 4.40 Å². The molecular weight excluding hydrogens is 160 g/mol. The van der Waals surface area contributed by atoms with Crippen molar-refractivity contribution in [3.05, 3.63) is 42.2 Å². The summed E-state index contributed by atoms with van der Waals surface area (Å²) in [6.07, 6.45) is 5.08. The Kier molecular flexibility index (Phi) is 2.07. The number of aromatic nitrogens is 1. The van der Waals surface area contributed by atoms with E-state index >= 15 is 0 Å². The second-order valence-electron chi connectivity index (χ2n) is 3.28. The average Bonchev–Trinajstić information content (AvgIpc) is 2.60. The number of nitrogens with two attached hydrogens (primary N) is 1. The molecule has 1 unspecified atom stereocenters. The summed E-state index contributed by atoms with van der Waals surface area (Å²) in [6.45, 7) is 2.11. The zero-order chi connectivity index (χ0) is 9.26. The second-order valence-corrected chi connectivity index (χ2v) is 3.28. The largest absolute Gasteiger partial charge is 0.324 e. The highest BCUT2D eigenvalue weighted by Crippen LogP contribution is 2.20. The molecule has 2 nitrogen and oxygen atoms in total. The van der Waals surface area contributed by atoms with Crippen molar-refractivity contribution in [3.63, 3.8) is 0 Å². The van der Waals surface area contributed by atoms with Crippen LogP contribution in [0.1, 0.15) is 24.9 Å². The van der Waals surface area contributed by atoms with Crippen molar-refractivity contribution in [2.75, 3.05) is 0 Å². The van der Waals surface area contributed by atoms with E-state index in [0.717, 1.165) is 6.42 Å². The molecule has 0 aromatic carbocycles. The predicted octanol–water partition coefficient (Wildman–Crippen LogP) is 2.35. The molecule has 0 aliphatic heterocycles. The highest BCUT2D eigenvalue weighted by molar-refractivity contribution is 5.56. The quantitative estimate of drug-likeness (QED) is 0.744. The van der Waals surface area contributed by atoms with E-state index in [1.54, 1.807) is 0 Å². The fraction of sp³-hybridized carbons (Fsp3) is 0.273. The lowest BCUT2D eigenvalue weighted by atomic mass is 10.1. The first-order chi connectivity index (χ1) is 6.33. The zero-order valence-electron chi connectivity index (χ0n) is 7.77. The van der Waals surface area contributed by atoms with Crippen LogP contribution < -0.4 is 5.73 Å². The molecule has 0 aliphatic carbocycles. The van der Waals surface area contributed by atoms with Crippen LogP contribution in [0, 0.1) is 0 Å². The van der Waals surface area contributed by atoms with E-state index in [0.29, 0.717) is 0 Å². The lowest BCUT2D eigenvalue weighted by Gasteiger charge is -2.06. The van der Waals surface area contributed by atoms with Crippen LogP contribution >= 0.6 is 0 Å². The van der Waals surface area contributed by atoms with E-state index in [-0.39, 0.29) is 6.04 Å². The van der Waals surface area contributed by atoms with E-state index in [1.165, 1.54) is 11.1 Å². The molecule has 13 heavy (non-hydrogen) atoms. The first kappa shape index (κ1) is 8.32. The van der Waals surface area contributed by atoms with Crippen LogP contribution in [0.15, 0.2) is 36.7 Å². The molecular formula is C11H14N2. The van der Waals surface area contributed by atoms with Gasteiger partial charge in [0.25, 0.3) is 0 Å². The van der Waals surface area contributed by atoms with Crippen molar-refractivity contribution in [2.45, 2.75) is 19.4 Å². The molecule has 0 spiro atoms. The first-order valence-corrected chi connectivity index (χ1v) is 4.64. The van der Waals surface area contributed by atoms with E-state index < -0.39 is 0 Å². The lowest BCUT2D eigenvalue weighted by molar-refractivity contribution is 0.704. The summed E-state index contributed by atoms with van der Waals surface area (Å²) < 4.78 is 2.10. The number of pyridine rings is 1. The maximum atomic E-state index is 5.99. The first-order valence-electron chi connectivity index (χ1n) is 4.64. The Morgan fingerprint density at radius 2 is 2.15 bits per heavy atom. The Hall–Kier alpha value is -1.28. The van der Waals surface area contributed by atoms with Crippen molar-refractivity contribution in [1.82, 2.24) is 4.40 Å². The van der Waals surface area contributed by atoms with Crippen molar-refractivity contribution in [2.24, 2.45) is 5.73 Å². The molecule has 1 atom stereocenters. The summed E-state index contributed by atoms with van der Waals surface area (Å²) in [5.74, 6) is 0. The number of fused-ring (bicyclic) bond motifs is 1. The zero-order valence-corrected chi connectivity index (χ0v) is 7.77. The van der Waals surface area contributed by atoms with Gasteiger partial charge in [0.2, 0.25) is 0 Å². The van der Waals surface area contributed by atoms with Gasteiger partial charge in [0, 0.05) is 24.0 Å². The van der Waals surface area contributed by atoms with Crippen LogP contribution in [-0.2, 0) is 0 Å². The smallest absolute Gasteiger partial charge is 0.0497 e. The summed E-state index contributed by atoms with van der Waals surface area (Å²) in [4.78, 5) is 0. The summed E-state index contributed by atoms with van der Waals surface area (Å²) in [6, 6.07) is 8.43. The fourth-order valence-corrected chi connectivity index (χ4v) is 1.61. The number of hydrogen-bond donors (Lipinski definition) is 1. The van der Waals surface area contributed by atoms with Crippen molar-refractivity contribution >= 4 is 5.52 Å². The van der Waals surface area contributed by atoms with Gasteiger partial charge in [-0.25, -0.2) is 0 Å². The van der Waals surface area contributed by atoms with Crippen LogP contribution in [0.5, 0.6) is 0 Å². The van der Waals surface area contributed by atoms with E-state index in [2.05, 4.69) is 29.7 Å². The van der Waals surface area contributed by atoms with Crippen molar-refractivity contribution < 1.29 is 0 Å². The normalized spacial score (nSPS) is 13.4. The van der Waals surface area contributed by atoms with Gasteiger partial charge < -0.3 is 10.1 Å². The SMILES string of the molecule is CCC(N)c1ccn2ccccc12. The molecule has 2 N–H and O–H groups in total. The topological polar surface area (TPSA) is 30.4 Å². The highest BCUT2D eigenvalue weighted by Gasteiger charge is 2.07. The Balaban J connectivity index is 2.57. The van der Waals surface area contributed by atoms with E-state index in [4.69, 9.17) is 5.73 Å². The average molecular weight is 174 g/mol. The maximum Gasteiger partial charge on any atom is 0.0497 e. The van der Waals surface area contributed by atoms with Crippen molar-refractivity contribution in [3.8, 4) is 0 Å². The molecule has 0 bridgehead atoms. The van der Waals surface area contributed by atoms with Crippen molar-refractivity contribution in [1.29, 1.82) is 0 Å². The molecule has 0 fully saturated rings. The lowest BCUT2D eigenvalue weighted by Crippen LogP contribution is -2.07. The molecule has 0 aliphatic rings. The standard InChI is InChI=1S/C11H14N2/c1-2-10(12)9-6-8-13-7-4-3-5-11(9)13/h3-8,10H,2,12H2,1H3. The van der Waals surface area contributed by atoms with Gasteiger partial charge in [-0.1, -0.05) is 13.0 Å². The van der Waals surface area contributed by atoms with Crippen LogP contribution in [0.25, 0.3) is 5.52 Å². The molecule has 0 radical (unpaired) electrons. The Labute approximate surface area is 78.0 Å². The summed E-state index contributed by atoms with van der Waals surface area (Å²) in [5.41, 5.74) is 8.45. The van der Waals surface area contributed by atoms with Gasteiger partial charge in [-0.15, -0.1) is 0 Å². The summed E-state index contributed by atoms with van der Waals surface area (Å²) >= 11 is 0. The minimum absolute atomic E-state index is 0.160. The Bertz CT molecular complexity index is 403. The Morgan fingerprint density at radius 1 is 1.31 bits per heavy atom. The fourth-order valence-electron chi connectivity index (χ4n) is 1.61. The molecule has 2 heteroatoms. The monoisotopic (exact) mass is 174 g/mol. The number of hydrogen-bond acceptors (Lipinski definition) is 1. The van der Waals surface area contributed by atoms with Crippen LogP contribution in [0.2, 0.25) is 0 Å². The molecule has 2 rings (SSSR count). The van der Waals surface area contributed by atoms with Crippen LogP contribution in [0.4, 0.5) is 0 Å². The third-order valence-electron chi connectivity index (χ3n) is 2.44. The van der Waals surface area contributed by atoms with Crippen LogP contribution in [0.3, 0.4) is 0 Å². The minimum Gasteiger partial charge on any atom is -0.324 e. The third-order valence-corrected chi connectivity index (χ3v) is 2.44. The Morgan fingerprint density at radius 3 is 2.92 bits per heavy atom. The molecule has 68 valence electrons. The van der Waals surface area contributed by atoms with Gasteiger partial charge in [-0.2, -0.15) is 0 Å².